The van der Waals surface area contributed by atoms with Crippen LogP contribution < -0.4 is 17.0 Å². The molecule has 0 bridgehead atoms. The minimum Gasteiger partial charge on any atom is -0.369 e. The van der Waals surface area contributed by atoms with Gasteiger partial charge in [0.25, 0.3) is 0 Å². The Morgan fingerprint density at radius 2 is 2.22 bits per heavy atom. The number of hydrogen-bond donors (Lipinski definition) is 3. The fraction of sp³-hybridized carbons (Fsp3) is 0.500. The summed E-state index contributed by atoms with van der Waals surface area (Å²) in [5.41, 5.74) is 8.60. The first kappa shape index (κ1) is 14.4. The molecular weight excluding hydrogens is 230 g/mol. The Bertz CT molecular complexity index is 394. The highest BCUT2D eigenvalue weighted by Crippen LogP contribution is 2.08. The lowest BCUT2D eigenvalue weighted by molar-refractivity contribution is -0.119. The van der Waals surface area contributed by atoms with Crippen molar-refractivity contribution < 1.29 is 4.79 Å². The molecule has 0 aliphatic carbocycles. The third-order valence-corrected chi connectivity index (χ3v) is 2.34. The highest BCUT2D eigenvalue weighted by molar-refractivity contribution is 5.75. The van der Waals surface area contributed by atoms with Crippen LogP contribution in [0.15, 0.2) is 18.2 Å². The topological polar surface area (TPSA) is 97.3 Å². The summed E-state index contributed by atoms with van der Waals surface area (Å²) in [6, 6.07) is 5.55. The quantitative estimate of drug-likeness (QED) is 0.478. The van der Waals surface area contributed by atoms with Crippen molar-refractivity contribution in [1.29, 1.82) is 0 Å². The molecule has 0 spiro atoms. The maximum Gasteiger partial charge on any atom is 0.231 e. The van der Waals surface area contributed by atoms with E-state index >= 15 is 0 Å². The molecule has 1 heterocycles. The number of nitrogens with zero attached hydrogens (tertiary/aromatic N) is 2. The Balaban J connectivity index is 2.71. The van der Waals surface area contributed by atoms with Crippen LogP contribution in [0.3, 0.4) is 0 Å². The summed E-state index contributed by atoms with van der Waals surface area (Å²) in [7, 11) is 0. The SMILES string of the molecule is CC(C)CN(CC(N)=O)Cc1cccc(NN)n1. The lowest BCUT2D eigenvalue weighted by atomic mass is 10.2. The first-order valence-electron chi connectivity index (χ1n) is 5.94. The van der Waals surface area contributed by atoms with Gasteiger partial charge in [-0.25, -0.2) is 10.8 Å². The van der Waals surface area contributed by atoms with E-state index in [2.05, 4.69) is 24.3 Å². The molecule has 0 radical (unpaired) electrons. The van der Waals surface area contributed by atoms with E-state index < -0.39 is 0 Å². The number of nitrogens with two attached hydrogens (primary N) is 2. The second kappa shape index (κ2) is 6.93. The zero-order valence-corrected chi connectivity index (χ0v) is 10.9. The van der Waals surface area contributed by atoms with Gasteiger partial charge in [0.2, 0.25) is 5.91 Å². The van der Waals surface area contributed by atoms with E-state index in [1.165, 1.54) is 0 Å². The summed E-state index contributed by atoms with van der Waals surface area (Å²) in [5, 5.41) is 0. The monoisotopic (exact) mass is 251 g/mol. The van der Waals surface area contributed by atoms with Crippen LogP contribution in [0.4, 0.5) is 5.82 Å². The number of amides is 1. The third-order valence-electron chi connectivity index (χ3n) is 2.34. The predicted molar refractivity (Wildman–Crippen MR) is 71.4 cm³/mol. The van der Waals surface area contributed by atoms with Gasteiger partial charge in [0, 0.05) is 13.1 Å². The number of nitrogen functional groups attached to an aromatic ring is 1. The fourth-order valence-corrected chi connectivity index (χ4v) is 1.80. The molecule has 0 aromatic carbocycles. The number of rotatable bonds is 7. The van der Waals surface area contributed by atoms with Crippen molar-refractivity contribution in [3.63, 3.8) is 0 Å². The maximum absolute atomic E-state index is 11.0. The van der Waals surface area contributed by atoms with Crippen LogP contribution in [-0.2, 0) is 11.3 Å². The highest BCUT2D eigenvalue weighted by atomic mass is 16.1. The number of nitrogens with one attached hydrogen (secondary N) is 1. The number of carbonyl (C=O) groups excluding carboxylic acids is 1. The molecule has 0 saturated carbocycles. The largest absolute Gasteiger partial charge is 0.369 e. The van der Waals surface area contributed by atoms with Gasteiger partial charge in [0.1, 0.15) is 5.82 Å². The van der Waals surface area contributed by atoms with Gasteiger partial charge in [0.05, 0.1) is 12.2 Å². The van der Waals surface area contributed by atoms with Crippen LogP contribution in [0.2, 0.25) is 0 Å². The molecule has 1 amide bonds. The van der Waals surface area contributed by atoms with E-state index in [0.717, 1.165) is 12.2 Å². The smallest absolute Gasteiger partial charge is 0.231 e. The second-order valence-electron chi connectivity index (χ2n) is 4.69. The summed E-state index contributed by atoms with van der Waals surface area (Å²) in [6.07, 6.45) is 0. The van der Waals surface area contributed by atoms with E-state index in [1.807, 2.05) is 17.0 Å². The summed E-state index contributed by atoms with van der Waals surface area (Å²) < 4.78 is 0. The Hall–Kier alpha value is -1.66. The average molecular weight is 251 g/mol. The van der Waals surface area contributed by atoms with Crippen LogP contribution in [0.5, 0.6) is 0 Å². The first-order valence-corrected chi connectivity index (χ1v) is 5.94. The van der Waals surface area contributed by atoms with Crippen molar-refractivity contribution in [3.8, 4) is 0 Å². The molecule has 6 nitrogen and oxygen atoms in total. The molecule has 5 N–H and O–H groups in total. The molecule has 100 valence electrons. The number of pyridine rings is 1. The lowest BCUT2D eigenvalue weighted by Crippen LogP contribution is -2.36. The fourth-order valence-electron chi connectivity index (χ4n) is 1.80. The van der Waals surface area contributed by atoms with Gasteiger partial charge in [-0.2, -0.15) is 0 Å². The van der Waals surface area contributed by atoms with E-state index in [0.29, 0.717) is 18.3 Å². The summed E-state index contributed by atoms with van der Waals surface area (Å²) >= 11 is 0. The van der Waals surface area contributed by atoms with Crippen molar-refractivity contribution in [2.24, 2.45) is 17.5 Å². The number of anilines is 1. The minimum atomic E-state index is -0.330. The standard InChI is InChI=1S/C12H21N5O/c1-9(2)6-17(8-11(13)18)7-10-4-3-5-12(15-10)16-14/h3-5,9H,6-8,14H2,1-2H3,(H2,13,18)(H,15,16). The first-order chi connectivity index (χ1) is 8.51. The normalized spacial score (nSPS) is 10.9. The van der Waals surface area contributed by atoms with Gasteiger partial charge >= 0.3 is 0 Å². The molecule has 6 heteroatoms. The van der Waals surface area contributed by atoms with Crippen molar-refractivity contribution >= 4 is 11.7 Å². The highest BCUT2D eigenvalue weighted by Gasteiger charge is 2.11. The van der Waals surface area contributed by atoms with Gasteiger partial charge in [-0.05, 0) is 18.1 Å². The lowest BCUT2D eigenvalue weighted by Gasteiger charge is -2.22. The zero-order valence-electron chi connectivity index (χ0n) is 10.9. The number of hydrogen-bond acceptors (Lipinski definition) is 5. The van der Waals surface area contributed by atoms with Gasteiger partial charge < -0.3 is 11.2 Å². The molecule has 0 fully saturated rings. The number of hydrazine groups is 1. The second-order valence-corrected chi connectivity index (χ2v) is 4.69. The molecule has 0 unspecified atom stereocenters. The Morgan fingerprint density at radius 3 is 2.78 bits per heavy atom. The third kappa shape index (κ3) is 5.11. The van der Waals surface area contributed by atoms with Crippen molar-refractivity contribution in [1.82, 2.24) is 9.88 Å². The van der Waals surface area contributed by atoms with Crippen LogP contribution in [0.25, 0.3) is 0 Å². The minimum absolute atomic E-state index is 0.236. The number of aromatic nitrogens is 1. The van der Waals surface area contributed by atoms with E-state index in [1.54, 1.807) is 6.07 Å². The molecule has 1 aromatic heterocycles. The molecule has 18 heavy (non-hydrogen) atoms. The molecule has 1 rings (SSSR count). The Labute approximate surface area is 107 Å². The molecule has 0 saturated heterocycles. The molecule has 0 aliphatic heterocycles. The van der Waals surface area contributed by atoms with Crippen LogP contribution in [0, 0.1) is 5.92 Å². The van der Waals surface area contributed by atoms with Crippen LogP contribution in [0.1, 0.15) is 19.5 Å². The summed E-state index contributed by atoms with van der Waals surface area (Å²) in [6.45, 7) is 5.81. The van der Waals surface area contributed by atoms with Gasteiger partial charge in [0.15, 0.2) is 0 Å². The number of carbonyl (C=O) groups is 1. The average Bonchev–Trinajstić information content (AvgIpc) is 2.27. The van der Waals surface area contributed by atoms with Crippen molar-refractivity contribution in [3.05, 3.63) is 23.9 Å². The van der Waals surface area contributed by atoms with Gasteiger partial charge in [-0.15, -0.1) is 0 Å². The zero-order chi connectivity index (χ0) is 13.5. The van der Waals surface area contributed by atoms with Gasteiger partial charge in [-0.3, -0.25) is 9.69 Å². The predicted octanol–water partition coefficient (Wildman–Crippen LogP) is 0.311. The Kier molecular flexibility index (Phi) is 5.54. The van der Waals surface area contributed by atoms with Crippen molar-refractivity contribution in [2.45, 2.75) is 20.4 Å². The molecule has 0 atom stereocenters. The summed E-state index contributed by atoms with van der Waals surface area (Å²) in [4.78, 5) is 17.3. The number of primary amides is 1. The molecule has 0 aliphatic rings. The van der Waals surface area contributed by atoms with E-state index in [4.69, 9.17) is 11.6 Å². The molecular formula is C12H21N5O. The maximum atomic E-state index is 11.0. The van der Waals surface area contributed by atoms with Crippen LogP contribution >= 0.6 is 0 Å². The Morgan fingerprint density at radius 1 is 1.50 bits per heavy atom. The van der Waals surface area contributed by atoms with Gasteiger partial charge in [-0.1, -0.05) is 19.9 Å². The van der Waals surface area contributed by atoms with Crippen molar-refractivity contribution in [2.75, 3.05) is 18.5 Å². The van der Waals surface area contributed by atoms with E-state index in [9.17, 15) is 4.79 Å². The van der Waals surface area contributed by atoms with E-state index in [-0.39, 0.29) is 12.5 Å². The molecule has 1 aromatic rings. The van der Waals surface area contributed by atoms with Crippen LogP contribution in [-0.4, -0.2) is 28.9 Å². The summed E-state index contributed by atoms with van der Waals surface area (Å²) in [5.74, 6) is 6.05.